The normalized spacial score (nSPS) is 10.5. The number of carbonyl (C=O) groups excluding carboxylic acids is 2. The van der Waals surface area contributed by atoms with E-state index in [1.807, 2.05) is 6.92 Å². The highest BCUT2D eigenvalue weighted by Gasteiger charge is 2.19. The van der Waals surface area contributed by atoms with Gasteiger partial charge in [-0.15, -0.1) is 11.3 Å². The topological polar surface area (TPSA) is 82.5 Å². The summed E-state index contributed by atoms with van der Waals surface area (Å²) < 4.78 is 24.5. The third kappa shape index (κ3) is 4.50. The number of halogens is 1. The van der Waals surface area contributed by atoms with Gasteiger partial charge in [-0.1, -0.05) is 0 Å². The molecule has 0 atom stereocenters. The van der Waals surface area contributed by atoms with Gasteiger partial charge in [-0.2, -0.15) is 5.10 Å². The average Bonchev–Trinajstić information content (AvgIpc) is 3.27. The molecule has 0 spiro atoms. The Morgan fingerprint density at radius 2 is 2.00 bits per heavy atom. The molecule has 2 aromatic heterocycles. The molecule has 0 aliphatic carbocycles. The molecule has 0 bridgehead atoms. The molecule has 1 amide bonds. The minimum Gasteiger partial charge on any atom is -0.471 e. The summed E-state index contributed by atoms with van der Waals surface area (Å²) in [5.74, 6) is -0.847. The third-order valence-electron chi connectivity index (χ3n) is 3.54. The van der Waals surface area contributed by atoms with Crippen molar-refractivity contribution in [3.8, 4) is 5.75 Å². The van der Waals surface area contributed by atoms with E-state index in [0.29, 0.717) is 16.3 Å². The molecular formula is C18H16FN3O4S. The first kappa shape index (κ1) is 18.6. The predicted octanol–water partition coefficient (Wildman–Crippen LogP) is 3.47. The fraction of sp³-hybridized carbons (Fsp3) is 0.167. The number of nitrogens with zero attached hydrogens (tertiary/aromatic N) is 2. The second-order valence-corrected chi connectivity index (χ2v) is 6.77. The number of rotatable bonds is 6. The van der Waals surface area contributed by atoms with Gasteiger partial charge < -0.3 is 14.8 Å². The Balaban J connectivity index is 1.65. The Kier molecular flexibility index (Phi) is 5.51. The zero-order chi connectivity index (χ0) is 19.4. The lowest BCUT2D eigenvalue weighted by Crippen LogP contribution is -2.15. The molecule has 7 nitrogen and oxygen atoms in total. The Morgan fingerprint density at radius 1 is 1.26 bits per heavy atom. The molecule has 140 valence electrons. The van der Waals surface area contributed by atoms with Crippen LogP contribution in [0.4, 0.5) is 9.39 Å². The van der Waals surface area contributed by atoms with Gasteiger partial charge in [-0.3, -0.25) is 4.79 Å². The van der Waals surface area contributed by atoms with Crippen LogP contribution >= 0.6 is 11.3 Å². The molecule has 3 rings (SSSR count). The maximum Gasteiger partial charge on any atom is 0.340 e. The van der Waals surface area contributed by atoms with Gasteiger partial charge in [0, 0.05) is 11.1 Å². The predicted molar refractivity (Wildman–Crippen MR) is 97.6 cm³/mol. The minimum absolute atomic E-state index is 0.0600. The van der Waals surface area contributed by atoms with Gasteiger partial charge in [0.05, 0.1) is 12.7 Å². The number of ether oxygens (including phenoxy) is 2. The van der Waals surface area contributed by atoms with Crippen molar-refractivity contribution in [1.82, 2.24) is 9.78 Å². The van der Waals surface area contributed by atoms with Crippen LogP contribution in [0.2, 0.25) is 0 Å². The summed E-state index contributed by atoms with van der Waals surface area (Å²) in [7, 11) is 1.28. The first-order chi connectivity index (χ1) is 13.0. The van der Waals surface area contributed by atoms with Crippen LogP contribution in [-0.2, 0) is 11.5 Å². The zero-order valence-corrected chi connectivity index (χ0v) is 15.4. The van der Waals surface area contributed by atoms with Crippen LogP contribution in [0.1, 0.15) is 25.7 Å². The van der Waals surface area contributed by atoms with Gasteiger partial charge in [0.15, 0.2) is 12.4 Å². The molecular weight excluding hydrogens is 373 g/mol. The van der Waals surface area contributed by atoms with Crippen LogP contribution in [0.15, 0.2) is 42.6 Å². The number of thiophene rings is 1. The van der Waals surface area contributed by atoms with Gasteiger partial charge in [0.1, 0.15) is 16.6 Å². The van der Waals surface area contributed by atoms with Crippen molar-refractivity contribution < 1.29 is 23.5 Å². The van der Waals surface area contributed by atoms with Crippen molar-refractivity contribution in [2.45, 2.75) is 13.7 Å². The van der Waals surface area contributed by atoms with Crippen molar-refractivity contribution in [2.24, 2.45) is 0 Å². The standard InChI is InChI=1S/C18H16FN3O4S/c1-11-9-14(18(24)25-2)17(27-11)20-16(23)15-7-8-22(21-15)10-26-13-5-3-12(19)4-6-13/h3-9H,10H2,1-2H3,(H,20,23). The maximum absolute atomic E-state index is 12.9. The highest BCUT2D eigenvalue weighted by Crippen LogP contribution is 2.28. The Labute approximate surface area is 158 Å². The summed E-state index contributed by atoms with van der Waals surface area (Å²) in [6.07, 6.45) is 1.58. The molecule has 0 aliphatic rings. The molecule has 0 fully saturated rings. The number of hydrogen-bond acceptors (Lipinski definition) is 6. The molecule has 3 aromatic rings. The lowest BCUT2D eigenvalue weighted by molar-refractivity contribution is 0.0602. The van der Waals surface area contributed by atoms with Crippen LogP contribution in [0, 0.1) is 12.7 Å². The number of esters is 1. The summed E-state index contributed by atoms with van der Waals surface area (Å²) in [6.45, 7) is 1.89. The van der Waals surface area contributed by atoms with E-state index < -0.39 is 11.9 Å². The van der Waals surface area contributed by atoms with Crippen molar-refractivity contribution in [3.05, 3.63) is 64.5 Å². The van der Waals surface area contributed by atoms with E-state index in [4.69, 9.17) is 9.47 Å². The molecule has 27 heavy (non-hydrogen) atoms. The summed E-state index contributed by atoms with van der Waals surface area (Å²) in [5.41, 5.74) is 0.465. The molecule has 0 unspecified atom stereocenters. The second kappa shape index (κ2) is 8.00. The van der Waals surface area contributed by atoms with Crippen molar-refractivity contribution in [2.75, 3.05) is 12.4 Å². The van der Waals surface area contributed by atoms with E-state index in [0.717, 1.165) is 4.88 Å². The van der Waals surface area contributed by atoms with Crippen LogP contribution in [0.5, 0.6) is 5.75 Å². The monoisotopic (exact) mass is 389 g/mol. The van der Waals surface area contributed by atoms with E-state index in [9.17, 15) is 14.0 Å². The van der Waals surface area contributed by atoms with Crippen LogP contribution in [-0.4, -0.2) is 28.8 Å². The van der Waals surface area contributed by atoms with E-state index in [1.165, 1.54) is 53.5 Å². The zero-order valence-electron chi connectivity index (χ0n) is 14.6. The number of aromatic nitrogens is 2. The Morgan fingerprint density at radius 3 is 2.70 bits per heavy atom. The highest BCUT2D eigenvalue weighted by molar-refractivity contribution is 7.16. The van der Waals surface area contributed by atoms with E-state index in [1.54, 1.807) is 12.3 Å². The number of methoxy groups -OCH3 is 1. The Bertz CT molecular complexity index is 965. The number of nitrogens with one attached hydrogen (secondary N) is 1. The number of aryl methyl sites for hydroxylation is 1. The summed E-state index contributed by atoms with van der Waals surface area (Å²) >= 11 is 1.27. The number of benzene rings is 1. The molecule has 0 saturated heterocycles. The first-order valence-corrected chi connectivity index (χ1v) is 8.70. The van der Waals surface area contributed by atoms with Gasteiger partial charge >= 0.3 is 5.97 Å². The minimum atomic E-state index is -0.520. The van der Waals surface area contributed by atoms with Crippen molar-refractivity contribution >= 4 is 28.2 Å². The maximum atomic E-state index is 12.9. The van der Waals surface area contributed by atoms with Crippen LogP contribution in [0.25, 0.3) is 0 Å². The highest BCUT2D eigenvalue weighted by atomic mass is 32.1. The summed E-state index contributed by atoms with van der Waals surface area (Å²) in [4.78, 5) is 25.0. The van der Waals surface area contributed by atoms with Crippen molar-refractivity contribution in [1.29, 1.82) is 0 Å². The fourth-order valence-corrected chi connectivity index (χ4v) is 3.16. The quantitative estimate of drug-likeness (QED) is 0.653. The van der Waals surface area contributed by atoms with E-state index in [-0.39, 0.29) is 18.2 Å². The SMILES string of the molecule is COC(=O)c1cc(C)sc1NC(=O)c1ccn(COc2ccc(F)cc2)n1. The molecule has 0 radical (unpaired) electrons. The lowest BCUT2D eigenvalue weighted by Gasteiger charge is -2.06. The molecule has 0 aliphatic heterocycles. The second-order valence-electron chi connectivity index (χ2n) is 5.51. The number of carbonyl (C=O) groups is 2. The van der Waals surface area contributed by atoms with Crippen LogP contribution in [0.3, 0.4) is 0 Å². The summed E-state index contributed by atoms with van der Waals surface area (Å²) in [6, 6.07) is 8.77. The van der Waals surface area contributed by atoms with Crippen molar-refractivity contribution in [3.63, 3.8) is 0 Å². The number of anilines is 1. The lowest BCUT2D eigenvalue weighted by atomic mass is 10.3. The molecule has 9 heteroatoms. The van der Waals surface area contributed by atoms with Crippen LogP contribution < -0.4 is 10.1 Å². The summed E-state index contributed by atoms with van der Waals surface area (Å²) in [5, 5.41) is 7.22. The van der Waals surface area contributed by atoms with Gasteiger partial charge in [0.25, 0.3) is 5.91 Å². The van der Waals surface area contributed by atoms with Gasteiger partial charge in [0.2, 0.25) is 0 Å². The number of amides is 1. The third-order valence-corrected chi connectivity index (χ3v) is 4.50. The molecule has 0 saturated carbocycles. The fourth-order valence-electron chi connectivity index (χ4n) is 2.26. The largest absolute Gasteiger partial charge is 0.471 e. The Hall–Kier alpha value is -3.20. The first-order valence-electron chi connectivity index (χ1n) is 7.88. The van der Waals surface area contributed by atoms with Gasteiger partial charge in [-0.25, -0.2) is 13.9 Å². The number of hydrogen-bond donors (Lipinski definition) is 1. The van der Waals surface area contributed by atoms with E-state index >= 15 is 0 Å². The van der Waals surface area contributed by atoms with Gasteiger partial charge in [-0.05, 0) is 43.3 Å². The average molecular weight is 389 g/mol. The smallest absolute Gasteiger partial charge is 0.340 e. The molecule has 1 N–H and O–H groups in total. The molecule has 2 heterocycles. The molecule has 1 aromatic carbocycles. The van der Waals surface area contributed by atoms with E-state index in [2.05, 4.69) is 10.4 Å².